The van der Waals surface area contributed by atoms with E-state index >= 15 is 0 Å². The molecule has 0 aromatic carbocycles. The predicted molar refractivity (Wildman–Crippen MR) is 582 cm³/mol. The summed E-state index contributed by atoms with van der Waals surface area (Å²) in [5, 5.41) is 12.2. The Bertz CT molecular complexity index is 3620. The van der Waals surface area contributed by atoms with Crippen molar-refractivity contribution in [2.45, 2.75) is 568 Å². The van der Waals surface area contributed by atoms with Crippen molar-refractivity contribution < 1.29 is 0 Å². The topological polar surface area (TPSA) is 48.5 Å². The Labute approximate surface area is 807 Å². The molecule has 2 heterocycles. The molecule has 0 fully saturated rings. The molecule has 0 radical (unpaired) electrons. The van der Waals surface area contributed by atoms with E-state index in [1.165, 1.54) is 185 Å². The van der Waals surface area contributed by atoms with Crippen molar-refractivity contribution in [3.63, 3.8) is 0 Å². The summed E-state index contributed by atoms with van der Waals surface area (Å²) in [5.41, 5.74) is 4.16. The normalized spacial score (nSPS) is 10.6. The van der Waals surface area contributed by atoms with Gasteiger partial charge in [-0.25, -0.2) is 4.68 Å². The van der Waals surface area contributed by atoms with Crippen LogP contribution in [0.25, 0.3) is 0 Å². The summed E-state index contributed by atoms with van der Waals surface area (Å²) in [6.45, 7) is 95.9. The highest BCUT2D eigenvalue weighted by molar-refractivity contribution is 5.14. The Morgan fingerprint density at radius 1 is 0.234 bits per heavy atom. The minimum Gasteiger partial charge on any atom is -0.272 e. The van der Waals surface area contributed by atoms with Gasteiger partial charge in [-0.3, -0.25) is 4.68 Å². The molecule has 0 N–H and O–H groups in total. The van der Waals surface area contributed by atoms with E-state index in [0.717, 1.165) is 82.9 Å². The van der Waals surface area contributed by atoms with E-state index in [1.807, 2.05) is 24.0 Å². The molecule has 0 bridgehead atoms. The van der Waals surface area contributed by atoms with Crippen LogP contribution in [-0.2, 0) is 25.9 Å². The first-order valence-electron chi connectivity index (χ1n) is 51.4. The van der Waals surface area contributed by atoms with Crippen molar-refractivity contribution in [1.82, 2.24) is 24.8 Å². The second-order valence-corrected chi connectivity index (χ2v) is 45.1. The first-order chi connectivity index (χ1) is 59.1. The van der Waals surface area contributed by atoms with Gasteiger partial charge >= 0.3 is 0 Å². The van der Waals surface area contributed by atoms with Gasteiger partial charge in [0.1, 0.15) is 6.54 Å². The Hall–Kier alpha value is -6.49. The molecule has 0 aliphatic rings. The highest BCUT2D eigenvalue weighted by Crippen LogP contribution is 2.19. The van der Waals surface area contributed by atoms with Crippen LogP contribution < -0.4 is 0 Å². The van der Waals surface area contributed by atoms with Gasteiger partial charge in [0.2, 0.25) is 0 Å². The molecule has 0 atom stereocenters. The quantitative estimate of drug-likeness (QED) is 0.0529. The summed E-state index contributed by atoms with van der Waals surface area (Å²) in [5.74, 6) is 69.9. The largest absolute Gasteiger partial charge is 0.272 e. The van der Waals surface area contributed by atoms with Crippen molar-refractivity contribution in [3.8, 4) is 130 Å². The maximum Gasteiger partial charge on any atom is 0.103 e. The van der Waals surface area contributed by atoms with E-state index in [9.17, 15) is 0 Å². The summed E-state index contributed by atoms with van der Waals surface area (Å²) in [6, 6.07) is 0. The lowest BCUT2D eigenvalue weighted by atomic mass is 9.97. The summed E-state index contributed by atoms with van der Waals surface area (Å²) < 4.78 is 3.74. The lowest BCUT2D eigenvalue weighted by molar-refractivity contribution is 0.567. The molecule has 2 aromatic heterocycles. The van der Waals surface area contributed by atoms with E-state index < -0.39 is 0 Å². The molecular formula is C123H217N5. The average molecular weight is 1770 g/mol. The van der Waals surface area contributed by atoms with Gasteiger partial charge in [-0.15, -0.1) is 64.3 Å². The van der Waals surface area contributed by atoms with Gasteiger partial charge in [-0.1, -0.05) is 280 Å². The first-order valence-corrected chi connectivity index (χ1v) is 51.4. The van der Waals surface area contributed by atoms with Crippen LogP contribution in [0, 0.1) is 190 Å². The van der Waals surface area contributed by atoms with Crippen molar-refractivity contribution >= 4 is 0 Å². The summed E-state index contributed by atoms with van der Waals surface area (Å²) in [6.07, 6.45) is 54.7. The molecule has 0 spiro atoms. The van der Waals surface area contributed by atoms with Gasteiger partial charge in [0.25, 0.3) is 0 Å². The Morgan fingerprint density at radius 2 is 0.477 bits per heavy atom. The third-order valence-electron chi connectivity index (χ3n) is 16.1. The Kier molecular flexibility index (Phi) is 94.9. The van der Waals surface area contributed by atoms with Gasteiger partial charge in [-0.2, -0.15) is 5.10 Å². The highest BCUT2D eigenvalue weighted by Gasteiger charge is 2.10. The fourth-order valence-electron chi connectivity index (χ4n) is 9.67. The fourth-order valence-corrected chi connectivity index (χ4v) is 9.67. The van der Waals surface area contributed by atoms with Gasteiger partial charge in [0.05, 0.1) is 18.4 Å². The number of hydrogen-bond donors (Lipinski definition) is 0. The zero-order valence-electron chi connectivity index (χ0n) is 94.5. The molecule has 2 rings (SSSR count). The van der Waals surface area contributed by atoms with E-state index in [4.69, 9.17) is 0 Å². The monoisotopic (exact) mass is 1760 g/mol. The Morgan fingerprint density at radius 3 is 0.711 bits per heavy atom. The number of hydrogen-bond acceptors (Lipinski definition) is 3. The fraction of sp³-hybridized carbons (Fsp3) is 0.780. The van der Waals surface area contributed by atoms with Crippen molar-refractivity contribution in [2.75, 3.05) is 0 Å². The molecule has 0 aliphatic heterocycles. The molecule has 128 heavy (non-hydrogen) atoms. The van der Waals surface area contributed by atoms with Crippen LogP contribution in [0.4, 0.5) is 0 Å². The molecule has 5 heteroatoms. The number of rotatable bonds is 33. The van der Waals surface area contributed by atoms with Crippen LogP contribution in [0.5, 0.6) is 0 Å². The maximum absolute atomic E-state index is 4.27. The number of nitrogens with zero attached hydrogens (tertiary/aromatic N) is 5. The highest BCUT2D eigenvalue weighted by atomic mass is 15.4. The smallest absolute Gasteiger partial charge is 0.103 e. The van der Waals surface area contributed by atoms with Crippen molar-refractivity contribution in [2.24, 2.45) is 59.6 Å². The van der Waals surface area contributed by atoms with Crippen LogP contribution in [0.15, 0.2) is 18.6 Å². The van der Waals surface area contributed by atoms with E-state index in [1.54, 1.807) is 4.68 Å². The third-order valence-corrected chi connectivity index (χ3v) is 16.1. The van der Waals surface area contributed by atoms with E-state index in [2.05, 4.69) is 450 Å². The van der Waals surface area contributed by atoms with Crippen molar-refractivity contribution in [3.05, 3.63) is 29.8 Å². The zero-order chi connectivity index (χ0) is 101. The molecule has 2 aromatic rings. The van der Waals surface area contributed by atoms with Crippen LogP contribution in [-0.4, -0.2) is 24.8 Å². The Balaban J connectivity index is -0.000000175. The van der Waals surface area contributed by atoms with Gasteiger partial charge in [-0.05, 0) is 299 Å². The number of aryl methyl sites for hydroxylation is 3. The molecule has 0 saturated carbocycles. The average Bonchev–Trinajstić information content (AvgIpc) is 1.79. The van der Waals surface area contributed by atoms with Crippen molar-refractivity contribution in [1.29, 1.82) is 0 Å². The molecule has 0 unspecified atom stereocenters. The van der Waals surface area contributed by atoms with Gasteiger partial charge in [0, 0.05) is 130 Å². The molecule has 0 aliphatic carbocycles. The van der Waals surface area contributed by atoms with Crippen LogP contribution in [0.1, 0.15) is 553 Å². The lowest BCUT2D eigenvalue weighted by Gasteiger charge is -2.06. The van der Waals surface area contributed by atoms with Crippen LogP contribution >= 0.6 is 0 Å². The van der Waals surface area contributed by atoms with Crippen LogP contribution in [0.2, 0.25) is 0 Å². The minimum atomic E-state index is 0.0637. The summed E-state index contributed by atoms with van der Waals surface area (Å²) >= 11 is 0. The standard InChI is InChI=1S/C15H28.C14H26.C13H20N2.C13H24.C12H22.C11H17N3.C11H20.C10H18.C9H16.C8H14.C7H12/c1-5-6-7-8-9-10-11-12-13-14-15(2,3)4;1-5-6-7-8-9-10-11-12-13-14(2,3)4;1-5-12-10-14-15(11-12)9-7-6-8-13(2,3)4;1-5-6-7-8-9-10-11-12-13(2,3)4;1-5-6-7-8-9-10-11-12(2,3)4;1-5-10-9-14(13-12-10)8-6-7-11(2,3)4;1-5-6-7-8-9-10-11(2,3)4;1-5-6-7-8-9-10(2,3)4;1-5-6-7-8-9(2,3)4;1-5-6-7-8(2,3)4;1-5-6-7(2,3)4/h5-12H2,1-4H3;5-11H2,1-4H3;10-11H,5,7,9H2,1-4H3;5-10H2,1-4H3;5-9H2,1-4H3;9H,5,8H2,1-4H3;5-8H2,1-4H3;5-7H2,1-4H3;5-6H2,1-4H3;5H2,1-4H3;1-4H3. The second kappa shape index (κ2) is 87.2. The van der Waals surface area contributed by atoms with Gasteiger partial charge < -0.3 is 0 Å². The predicted octanol–water partition coefficient (Wildman–Crippen LogP) is 37.3. The maximum atomic E-state index is 4.27. The third kappa shape index (κ3) is 160. The molecule has 0 saturated heterocycles. The zero-order valence-corrected chi connectivity index (χ0v) is 94.5. The minimum absolute atomic E-state index is 0.0637. The number of aromatic nitrogens is 5. The molecule has 5 nitrogen and oxygen atoms in total. The molecular weight excluding hydrogens is 1550 g/mol. The second-order valence-electron chi connectivity index (χ2n) is 45.1. The summed E-state index contributed by atoms with van der Waals surface area (Å²) in [7, 11) is 0. The van der Waals surface area contributed by atoms with E-state index in [-0.39, 0.29) is 59.6 Å². The van der Waals surface area contributed by atoms with Crippen LogP contribution in [0.3, 0.4) is 0 Å². The SMILES string of the molecule is CC#CC(C)(C)C.CCC#CC(C)(C)C.CCCC#CC(C)(C)C.CCCCC#CC(C)(C)C.CCCCCC#CC(C)(C)C.CCCCCCC#CC(C)(C)C.CCCCCCCC#CC(C)(C)C.CCCCCCCCC#CC(C)(C)C.CCCCCCCCCC#CC(C)(C)C.CCc1cn(CC#CC(C)(C)C)nn1.CCc1cnn(CCC#CC(C)(C)C)c1. The number of unbranched alkanes of at least 4 members (excludes halogenated alkanes) is 28. The molecule has 734 valence electrons. The lowest BCUT2D eigenvalue weighted by Crippen LogP contribution is -2.01. The first kappa shape index (κ1) is 139. The van der Waals surface area contributed by atoms with E-state index in [0.29, 0.717) is 6.54 Å². The summed E-state index contributed by atoms with van der Waals surface area (Å²) in [4.78, 5) is 0. The van der Waals surface area contributed by atoms with Gasteiger partial charge in [0.15, 0.2) is 0 Å². The molecule has 0 amide bonds.